The predicted molar refractivity (Wildman–Crippen MR) is 118 cm³/mol. The molecule has 0 N–H and O–H groups in total. The Morgan fingerprint density at radius 2 is 1.73 bits per heavy atom. The van der Waals surface area contributed by atoms with Crippen molar-refractivity contribution >= 4 is 17.6 Å². The topological polar surface area (TPSA) is 53.5 Å². The van der Waals surface area contributed by atoms with Crippen LogP contribution in [-0.2, 0) is 16.8 Å². The second kappa shape index (κ2) is 7.82. The Bertz CT molecular complexity index is 1320. The fourth-order valence-corrected chi connectivity index (χ4v) is 4.74. The van der Waals surface area contributed by atoms with Crippen molar-refractivity contribution in [3.8, 4) is 11.8 Å². The molecule has 33 heavy (non-hydrogen) atoms. The van der Waals surface area contributed by atoms with Crippen LogP contribution in [0.4, 0.5) is 19.3 Å². The van der Waals surface area contributed by atoms with Gasteiger partial charge in [0.15, 0.2) is 11.6 Å². The molecule has 1 atom stereocenters. The van der Waals surface area contributed by atoms with Crippen LogP contribution in [0.25, 0.3) is 0 Å². The number of aryl methyl sites for hydroxylation is 1. The largest absolute Gasteiger partial charge is 0.332 e. The number of urea groups is 1. The first-order chi connectivity index (χ1) is 15.9. The molecule has 7 heteroatoms. The lowest BCUT2D eigenvalue weighted by Gasteiger charge is -2.46. The molecule has 1 aliphatic carbocycles. The van der Waals surface area contributed by atoms with E-state index < -0.39 is 34.8 Å². The summed E-state index contributed by atoms with van der Waals surface area (Å²) in [5.41, 5.74) is 1.19. The van der Waals surface area contributed by atoms with Gasteiger partial charge in [-0.2, -0.15) is 0 Å². The van der Waals surface area contributed by atoms with Crippen molar-refractivity contribution in [3.05, 3.63) is 94.8 Å². The van der Waals surface area contributed by atoms with Gasteiger partial charge in [-0.3, -0.25) is 9.78 Å². The molecule has 0 bridgehead atoms. The SMILES string of the molecule is CN1C(=O)N(c2c(F)cc(C#Cc3cccnc3)cc2F)C(=O)C[C@]12CCc1ccccc12. The zero-order valence-corrected chi connectivity index (χ0v) is 17.8. The first kappa shape index (κ1) is 20.8. The van der Waals surface area contributed by atoms with Crippen LogP contribution in [-0.4, -0.2) is 28.9 Å². The minimum atomic E-state index is -1.02. The highest BCUT2D eigenvalue weighted by Crippen LogP contribution is 2.47. The first-order valence-electron chi connectivity index (χ1n) is 10.5. The third kappa shape index (κ3) is 3.35. The molecule has 5 rings (SSSR count). The van der Waals surface area contributed by atoms with E-state index in [2.05, 4.69) is 16.8 Å². The summed E-state index contributed by atoms with van der Waals surface area (Å²) in [6.45, 7) is 0. The van der Waals surface area contributed by atoms with Crippen molar-refractivity contribution in [1.82, 2.24) is 9.88 Å². The molecule has 1 fully saturated rings. The van der Waals surface area contributed by atoms with Crippen LogP contribution in [0.2, 0.25) is 0 Å². The summed E-state index contributed by atoms with van der Waals surface area (Å²) in [6, 6.07) is 12.4. The highest BCUT2D eigenvalue weighted by atomic mass is 19.1. The van der Waals surface area contributed by atoms with Crippen LogP contribution < -0.4 is 4.90 Å². The van der Waals surface area contributed by atoms with Crippen molar-refractivity contribution in [3.63, 3.8) is 0 Å². The van der Waals surface area contributed by atoms with E-state index in [1.165, 1.54) is 11.1 Å². The summed E-state index contributed by atoms with van der Waals surface area (Å²) in [6.07, 6.45) is 4.40. The van der Waals surface area contributed by atoms with E-state index in [0.29, 0.717) is 16.9 Å². The van der Waals surface area contributed by atoms with Gasteiger partial charge in [0.05, 0.1) is 12.0 Å². The molecule has 2 heterocycles. The van der Waals surface area contributed by atoms with Gasteiger partial charge in [-0.05, 0) is 48.2 Å². The van der Waals surface area contributed by atoms with E-state index in [4.69, 9.17) is 0 Å². The minimum absolute atomic E-state index is 0.0479. The maximum absolute atomic E-state index is 15.0. The van der Waals surface area contributed by atoms with Gasteiger partial charge in [0.2, 0.25) is 5.91 Å². The molecule has 3 aromatic rings. The molecule has 1 aliphatic heterocycles. The lowest BCUT2D eigenvalue weighted by Crippen LogP contribution is -2.60. The van der Waals surface area contributed by atoms with Gasteiger partial charge in [-0.15, -0.1) is 0 Å². The molecule has 0 radical (unpaired) electrons. The average Bonchev–Trinajstić information content (AvgIpc) is 3.18. The van der Waals surface area contributed by atoms with Gasteiger partial charge in [-0.1, -0.05) is 36.1 Å². The molecule has 1 aromatic heterocycles. The molecule has 1 saturated heterocycles. The Balaban J connectivity index is 1.49. The van der Waals surface area contributed by atoms with E-state index in [1.807, 2.05) is 24.3 Å². The van der Waals surface area contributed by atoms with E-state index in [9.17, 15) is 9.59 Å². The van der Waals surface area contributed by atoms with Crippen LogP contribution >= 0.6 is 0 Å². The molecule has 2 aliphatic rings. The van der Waals surface area contributed by atoms with Gasteiger partial charge < -0.3 is 4.90 Å². The van der Waals surface area contributed by atoms with Crippen LogP contribution in [0, 0.1) is 23.5 Å². The highest BCUT2D eigenvalue weighted by molar-refractivity contribution is 6.16. The molecule has 164 valence electrons. The number of aromatic nitrogens is 1. The van der Waals surface area contributed by atoms with Gasteiger partial charge in [0, 0.05) is 30.6 Å². The molecular formula is C26H19F2N3O2. The molecule has 0 unspecified atom stereocenters. The number of hydrogen-bond acceptors (Lipinski definition) is 3. The van der Waals surface area contributed by atoms with Crippen molar-refractivity contribution in [1.29, 1.82) is 0 Å². The van der Waals surface area contributed by atoms with Crippen LogP contribution in [0.5, 0.6) is 0 Å². The summed E-state index contributed by atoms with van der Waals surface area (Å²) in [4.78, 5) is 32.4. The normalized spacial score (nSPS) is 19.5. The number of nitrogens with zero attached hydrogens (tertiary/aromatic N) is 3. The van der Waals surface area contributed by atoms with E-state index in [0.717, 1.165) is 29.7 Å². The maximum atomic E-state index is 15.0. The second-order valence-electron chi connectivity index (χ2n) is 8.22. The van der Waals surface area contributed by atoms with Gasteiger partial charge in [0.25, 0.3) is 0 Å². The third-order valence-electron chi connectivity index (χ3n) is 6.39. The van der Waals surface area contributed by atoms with Crippen molar-refractivity contribution in [2.75, 3.05) is 11.9 Å². The molecule has 0 saturated carbocycles. The molecule has 2 aromatic carbocycles. The first-order valence-corrected chi connectivity index (χ1v) is 10.5. The number of carbonyl (C=O) groups is 2. The van der Waals surface area contributed by atoms with Crippen molar-refractivity contribution in [2.45, 2.75) is 24.8 Å². The summed E-state index contributed by atoms with van der Waals surface area (Å²) >= 11 is 0. The molecule has 5 nitrogen and oxygen atoms in total. The average molecular weight is 443 g/mol. The number of anilines is 1. The Morgan fingerprint density at radius 1 is 1.00 bits per heavy atom. The summed E-state index contributed by atoms with van der Waals surface area (Å²) in [5.74, 6) is 2.78. The lowest BCUT2D eigenvalue weighted by molar-refractivity contribution is -0.122. The zero-order valence-electron chi connectivity index (χ0n) is 17.8. The monoisotopic (exact) mass is 443 g/mol. The number of carbonyl (C=O) groups excluding carboxylic acids is 2. The van der Waals surface area contributed by atoms with E-state index in [-0.39, 0.29) is 12.0 Å². The van der Waals surface area contributed by atoms with Crippen LogP contribution in [0.3, 0.4) is 0 Å². The number of halogens is 2. The lowest BCUT2D eigenvalue weighted by atomic mass is 9.84. The van der Waals surface area contributed by atoms with Gasteiger partial charge >= 0.3 is 6.03 Å². The predicted octanol–water partition coefficient (Wildman–Crippen LogP) is 4.39. The standard InChI is InChI=1S/C26H19F2N3O2/c1-30-25(33)31(23(32)15-26(30)11-10-19-6-2-3-7-20(19)26)24-21(27)13-18(14-22(24)28)9-8-17-5-4-12-29-16-17/h2-7,12-14,16H,10-11,15H2,1H3/t26-/m0/s1. The minimum Gasteiger partial charge on any atom is -0.317 e. The molecule has 1 spiro atoms. The molecular weight excluding hydrogens is 424 g/mol. The summed E-state index contributed by atoms with van der Waals surface area (Å²) < 4.78 is 30.0. The van der Waals surface area contributed by atoms with Crippen molar-refractivity contribution < 1.29 is 18.4 Å². The number of rotatable bonds is 1. The van der Waals surface area contributed by atoms with Crippen LogP contribution in [0.15, 0.2) is 60.9 Å². The zero-order chi connectivity index (χ0) is 23.2. The number of fused-ring (bicyclic) bond motifs is 2. The fraction of sp³-hybridized carbons (Fsp3) is 0.192. The Kier molecular flexibility index (Phi) is 4.94. The molecule has 3 amide bonds. The van der Waals surface area contributed by atoms with E-state index in [1.54, 1.807) is 25.4 Å². The maximum Gasteiger partial charge on any atom is 0.332 e. The number of amides is 3. The highest BCUT2D eigenvalue weighted by Gasteiger charge is 2.52. The third-order valence-corrected chi connectivity index (χ3v) is 6.39. The smallest absolute Gasteiger partial charge is 0.317 e. The summed E-state index contributed by atoms with van der Waals surface area (Å²) in [5, 5.41) is 0. The van der Waals surface area contributed by atoms with Gasteiger partial charge in [-0.25, -0.2) is 18.5 Å². The number of hydrogen-bond donors (Lipinski definition) is 0. The Labute approximate surface area is 189 Å². The number of pyridine rings is 1. The van der Waals surface area contributed by atoms with Crippen LogP contribution in [0.1, 0.15) is 35.1 Å². The van der Waals surface area contributed by atoms with Gasteiger partial charge in [0.1, 0.15) is 5.69 Å². The quantitative estimate of drug-likeness (QED) is 0.525. The fourth-order valence-electron chi connectivity index (χ4n) is 4.74. The Morgan fingerprint density at radius 3 is 2.45 bits per heavy atom. The summed E-state index contributed by atoms with van der Waals surface area (Å²) in [7, 11) is 1.58. The number of imide groups is 1. The second-order valence-corrected chi connectivity index (χ2v) is 8.22. The van der Waals surface area contributed by atoms with E-state index >= 15 is 8.78 Å². The van der Waals surface area contributed by atoms with Crippen molar-refractivity contribution in [2.24, 2.45) is 0 Å². The Hall–Kier alpha value is -4.05. The number of benzene rings is 2.